The van der Waals surface area contributed by atoms with Gasteiger partial charge in [0.2, 0.25) is 5.82 Å². The maximum Gasteiger partial charge on any atom is 0.356 e. The lowest BCUT2D eigenvalue weighted by Gasteiger charge is -2.07. The summed E-state index contributed by atoms with van der Waals surface area (Å²) in [5, 5.41) is 22.5. The molecule has 9 nitrogen and oxygen atoms in total. The molecule has 21 heavy (non-hydrogen) atoms. The molecule has 0 spiro atoms. The van der Waals surface area contributed by atoms with Gasteiger partial charge >= 0.3 is 11.7 Å². The van der Waals surface area contributed by atoms with Crippen LogP contribution in [0.25, 0.3) is 0 Å². The summed E-state index contributed by atoms with van der Waals surface area (Å²) in [5.74, 6) is -0.915. The van der Waals surface area contributed by atoms with Crippen molar-refractivity contribution in [3.05, 3.63) is 46.2 Å². The van der Waals surface area contributed by atoms with Crippen molar-refractivity contribution in [1.29, 1.82) is 0 Å². The van der Waals surface area contributed by atoms with Crippen LogP contribution >= 0.6 is 0 Å². The smallest absolute Gasteiger partial charge is 0.356 e. The van der Waals surface area contributed by atoms with E-state index in [0.29, 0.717) is 18.7 Å². The number of hydrogen-bond acceptors (Lipinski definition) is 6. The Morgan fingerprint density at radius 2 is 2.29 bits per heavy atom. The molecular weight excluding hydrogens is 278 g/mol. The Morgan fingerprint density at radius 1 is 1.52 bits per heavy atom. The molecule has 2 aromatic heterocycles. The third kappa shape index (κ3) is 3.53. The molecule has 2 rings (SSSR count). The van der Waals surface area contributed by atoms with Crippen LogP contribution in [0.15, 0.2) is 24.8 Å². The van der Waals surface area contributed by atoms with Crippen LogP contribution in [-0.4, -0.2) is 37.1 Å². The average molecular weight is 291 g/mol. The Morgan fingerprint density at radius 3 is 2.90 bits per heavy atom. The van der Waals surface area contributed by atoms with E-state index in [2.05, 4.69) is 15.3 Å². The monoisotopic (exact) mass is 291 g/mol. The number of carboxylic acids is 1. The number of aromatic nitrogens is 3. The van der Waals surface area contributed by atoms with Crippen molar-refractivity contribution in [2.75, 3.05) is 11.9 Å². The number of carboxylic acid groups (broad SMARTS) is 1. The number of nitrogens with zero attached hydrogens (tertiary/aromatic N) is 4. The Bertz CT molecular complexity index is 682. The third-order valence-electron chi connectivity index (χ3n) is 2.72. The normalized spacial score (nSPS) is 10.3. The SMILES string of the molecule is Cc1cnc(NCCn2cnc(C(=O)O)c2)c([N+](=O)[O-])c1. The first-order valence-electron chi connectivity index (χ1n) is 6.07. The van der Waals surface area contributed by atoms with Gasteiger partial charge in [0.15, 0.2) is 5.69 Å². The van der Waals surface area contributed by atoms with Gasteiger partial charge in [-0.25, -0.2) is 14.8 Å². The van der Waals surface area contributed by atoms with Crippen LogP contribution in [0, 0.1) is 17.0 Å². The van der Waals surface area contributed by atoms with Crippen LogP contribution in [0.3, 0.4) is 0 Å². The zero-order valence-corrected chi connectivity index (χ0v) is 11.2. The van der Waals surface area contributed by atoms with Gasteiger partial charge in [-0.15, -0.1) is 0 Å². The number of hydrogen-bond donors (Lipinski definition) is 2. The minimum absolute atomic E-state index is 0.0468. The van der Waals surface area contributed by atoms with Gasteiger partial charge in [0.05, 0.1) is 11.3 Å². The molecule has 0 aliphatic heterocycles. The lowest BCUT2D eigenvalue weighted by atomic mass is 10.3. The number of carbonyl (C=O) groups is 1. The van der Waals surface area contributed by atoms with Crippen LogP contribution < -0.4 is 5.32 Å². The van der Waals surface area contributed by atoms with E-state index in [4.69, 9.17) is 5.11 Å². The molecule has 0 aliphatic carbocycles. The summed E-state index contributed by atoms with van der Waals surface area (Å²) >= 11 is 0. The molecule has 2 heterocycles. The van der Waals surface area contributed by atoms with Crippen LogP contribution in [0.5, 0.6) is 0 Å². The predicted octanol–water partition coefficient (Wildman–Crippen LogP) is 1.31. The fourth-order valence-electron chi connectivity index (χ4n) is 1.73. The first kappa shape index (κ1) is 14.4. The average Bonchev–Trinajstić information content (AvgIpc) is 2.89. The van der Waals surface area contributed by atoms with Crippen molar-refractivity contribution in [2.45, 2.75) is 13.5 Å². The highest BCUT2D eigenvalue weighted by Crippen LogP contribution is 2.22. The van der Waals surface area contributed by atoms with Gasteiger partial charge in [0, 0.05) is 31.5 Å². The van der Waals surface area contributed by atoms with Gasteiger partial charge in [-0.05, 0) is 12.5 Å². The van der Waals surface area contributed by atoms with Crippen molar-refractivity contribution in [1.82, 2.24) is 14.5 Å². The van der Waals surface area contributed by atoms with Crippen LogP contribution in [-0.2, 0) is 6.54 Å². The first-order valence-corrected chi connectivity index (χ1v) is 6.07. The Balaban J connectivity index is 2.00. The second kappa shape index (κ2) is 5.99. The highest BCUT2D eigenvalue weighted by Gasteiger charge is 2.15. The van der Waals surface area contributed by atoms with Gasteiger partial charge < -0.3 is 15.0 Å². The minimum atomic E-state index is -1.10. The zero-order valence-electron chi connectivity index (χ0n) is 11.2. The highest BCUT2D eigenvalue weighted by atomic mass is 16.6. The molecular formula is C12H13N5O4. The van der Waals surface area contributed by atoms with Gasteiger partial charge in [0.25, 0.3) is 0 Å². The number of rotatable bonds is 6. The number of nitrogens with one attached hydrogen (secondary N) is 1. The lowest BCUT2D eigenvalue weighted by Crippen LogP contribution is -2.11. The van der Waals surface area contributed by atoms with Crippen LogP contribution in [0.2, 0.25) is 0 Å². The molecule has 0 unspecified atom stereocenters. The Labute approximate surface area is 119 Å². The molecule has 9 heteroatoms. The van der Waals surface area contributed by atoms with Crippen molar-refractivity contribution >= 4 is 17.5 Å². The van der Waals surface area contributed by atoms with Gasteiger partial charge in [-0.2, -0.15) is 0 Å². The van der Waals surface area contributed by atoms with E-state index in [0.717, 1.165) is 0 Å². The summed E-state index contributed by atoms with van der Waals surface area (Å²) in [6, 6.07) is 1.44. The lowest BCUT2D eigenvalue weighted by molar-refractivity contribution is -0.384. The van der Waals surface area contributed by atoms with E-state index in [1.165, 1.54) is 24.8 Å². The van der Waals surface area contributed by atoms with Gasteiger partial charge in [-0.3, -0.25) is 10.1 Å². The third-order valence-corrected chi connectivity index (χ3v) is 2.72. The molecule has 110 valence electrons. The summed E-state index contributed by atoms with van der Waals surface area (Å²) in [5.41, 5.74) is 0.564. The molecule has 0 saturated carbocycles. The van der Waals surface area contributed by atoms with E-state index in [9.17, 15) is 14.9 Å². The van der Waals surface area contributed by atoms with Crippen LogP contribution in [0.1, 0.15) is 16.1 Å². The Hall–Kier alpha value is -2.97. The van der Waals surface area contributed by atoms with E-state index < -0.39 is 10.9 Å². The molecule has 0 aromatic carbocycles. The number of aryl methyl sites for hydroxylation is 1. The molecule has 2 N–H and O–H groups in total. The fourth-order valence-corrected chi connectivity index (χ4v) is 1.73. The maximum atomic E-state index is 10.9. The molecule has 0 fully saturated rings. The minimum Gasteiger partial charge on any atom is -0.476 e. The second-order valence-corrected chi connectivity index (χ2v) is 4.37. The number of anilines is 1. The van der Waals surface area contributed by atoms with Crippen molar-refractivity contribution < 1.29 is 14.8 Å². The van der Waals surface area contributed by atoms with Crippen LogP contribution in [0.4, 0.5) is 11.5 Å². The first-order chi connectivity index (χ1) is 9.97. The highest BCUT2D eigenvalue weighted by molar-refractivity contribution is 5.84. The van der Waals surface area contributed by atoms with Crippen molar-refractivity contribution in [3.8, 4) is 0 Å². The largest absolute Gasteiger partial charge is 0.476 e. The van der Waals surface area contributed by atoms with Gasteiger partial charge in [0.1, 0.15) is 0 Å². The number of aromatic carboxylic acids is 1. The van der Waals surface area contributed by atoms with Crippen molar-refractivity contribution in [3.63, 3.8) is 0 Å². The molecule has 0 aliphatic rings. The number of pyridine rings is 1. The van der Waals surface area contributed by atoms with Crippen molar-refractivity contribution in [2.24, 2.45) is 0 Å². The van der Waals surface area contributed by atoms with E-state index >= 15 is 0 Å². The summed E-state index contributed by atoms with van der Waals surface area (Å²) in [6.45, 7) is 2.49. The summed E-state index contributed by atoms with van der Waals surface area (Å²) < 4.78 is 1.58. The summed E-state index contributed by atoms with van der Waals surface area (Å²) in [6.07, 6.45) is 4.32. The number of imidazole rings is 1. The molecule has 0 radical (unpaired) electrons. The Kier molecular flexibility index (Phi) is 4.12. The predicted molar refractivity (Wildman–Crippen MR) is 73.3 cm³/mol. The molecule has 0 atom stereocenters. The molecule has 0 amide bonds. The number of nitro groups is 1. The second-order valence-electron chi connectivity index (χ2n) is 4.37. The maximum absolute atomic E-state index is 10.9. The molecule has 0 saturated heterocycles. The summed E-state index contributed by atoms with van der Waals surface area (Å²) in [7, 11) is 0. The zero-order chi connectivity index (χ0) is 15.4. The van der Waals surface area contributed by atoms with E-state index in [1.807, 2.05) is 0 Å². The molecule has 2 aromatic rings. The molecule has 0 bridgehead atoms. The topological polar surface area (TPSA) is 123 Å². The van der Waals surface area contributed by atoms with Gasteiger partial charge in [-0.1, -0.05) is 0 Å². The fraction of sp³-hybridized carbons (Fsp3) is 0.250. The quantitative estimate of drug-likeness (QED) is 0.607. The van der Waals surface area contributed by atoms with E-state index in [1.54, 1.807) is 11.5 Å². The summed E-state index contributed by atoms with van der Waals surface area (Å²) in [4.78, 5) is 28.8. The standard InChI is InChI=1S/C12H13N5O4/c1-8-4-10(17(20)21)11(14-5-8)13-2-3-16-6-9(12(18)19)15-7-16/h4-7H,2-3H2,1H3,(H,13,14)(H,18,19). The van der Waals surface area contributed by atoms with E-state index in [-0.39, 0.29) is 17.2 Å².